The molecule has 0 fully saturated rings. The molecule has 0 bridgehead atoms. The molecule has 1 rings (SSSR count). The van der Waals surface area contributed by atoms with Crippen LogP contribution in [0, 0.1) is 0 Å². The standard InChI is InChI=1S/C13H20O2/c1-4-5-8-11-9-6-7-10-12(11)13(2,3)15-14/h6-7,9-10,14H,4-5,8H2,1-3H3. The molecule has 0 aliphatic heterocycles. The molecule has 1 N–H and O–H groups in total. The Morgan fingerprint density at radius 2 is 1.93 bits per heavy atom. The average Bonchev–Trinajstić information content (AvgIpc) is 2.26. The zero-order valence-corrected chi connectivity index (χ0v) is 9.79. The van der Waals surface area contributed by atoms with E-state index < -0.39 is 5.60 Å². The third-order valence-electron chi connectivity index (χ3n) is 2.69. The monoisotopic (exact) mass is 208 g/mol. The van der Waals surface area contributed by atoms with E-state index in [0.717, 1.165) is 12.0 Å². The fourth-order valence-corrected chi connectivity index (χ4v) is 1.74. The summed E-state index contributed by atoms with van der Waals surface area (Å²) in [5, 5.41) is 8.90. The number of unbranched alkanes of at least 4 members (excludes halogenated alkanes) is 1. The summed E-state index contributed by atoms with van der Waals surface area (Å²) in [6.07, 6.45) is 3.38. The highest BCUT2D eigenvalue weighted by molar-refractivity contribution is 5.31. The summed E-state index contributed by atoms with van der Waals surface area (Å²) < 4.78 is 0. The Labute approximate surface area is 91.8 Å². The molecule has 0 radical (unpaired) electrons. The van der Waals surface area contributed by atoms with Crippen LogP contribution in [0.5, 0.6) is 0 Å². The van der Waals surface area contributed by atoms with Crippen molar-refractivity contribution < 1.29 is 10.1 Å². The molecule has 0 unspecified atom stereocenters. The minimum absolute atomic E-state index is 0.621. The Bertz CT molecular complexity index is 305. The molecule has 0 aliphatic rings. The molecule has 0 aromatic heterocycles. The molecule has 15 heavy (non-hydrogen) atoms. The molecule has 0 atom stereocenters. The SMILES string of the molecule is CCCCc1ccccc1C(C)(C)OO. The number of hydrogen-bond donors (Lipinski definition) is 1. The lowest BCUT2D eigenvalue weighted by Crippen LogP contribution is -2.21. The Hall–Kier alpha value is -0.860. The first-order valence-electron chi connectivity index (χ1n) is 5.52. The predicted octanol–water partition coefficient (Wildman–Crippen LogP) is 3.75. The quantitative estimate of drug-likeness (QED) is 0.589. The van der Waals surface area contributed by atoms with Crippen LogP contribution in [0.15, 0.2) is 24.3 Å². The van der Waals surface area contributed by atoms with Gasteiger partial charge in [0, 0.05) is 0 Å². The summed E-state index contributed by atoms with van der Waals surface area (Å²) in [6.45, 7) is 5.92. The van der Waals surface area contributed by atoms with E-state index in [0.29, 0.717) is 0 Å². The van der Waals surface area contributed by atoms with Crippen LogP contribution in [-0.2, 0) is 16.9 Å². The van der Waals surface area contributed by atoms with Crippen molar-refractivity contribution in [3.05, 3.63) is 35.4 Å². The lowest BCUT2D eigenvalue weighted by atomic mass is 9.91. The van der Waals surface area contributed by atoms with Gasteiger partial charge in [-0.1, -0.05) is 37.6 Å². The van der Waals surface area contributed by atoms with Gasteiger partial charge in [0.2, 0.25) is 0 Å². The fraction of sp³-hybridized carbons (Fsp3) is 0.538. The van der Waals surface area contributed by atoms with Gasteiger partial charge in [0.15, 0.2) is 0 Å². The van der Waals surface area contributed by atoms with E-state index in [9.17, 15) is 0 Å². The molecule has 2 heteroatoms. The van der Waals surface area contributed by atoms with Crippen molar-refractivity contribution in [2.75, 3.05) is 0 Å². The molecule has 0 saturated heterocycles. The van der Waals surface area contributed by atoms with Crippen molar-refractivity contribution in [2.24, 2.45) is 0 Å². The van der Waals surface area contributed by atoms with Crippen LogP contribution < -0.4 is 0 Å². The minimum atomic E-state index is -0.621. The zero-order chi connectivity index (χ0) is 11.3. The average molecular weight is 208 g/mol. The Morgan fingerprint density at radius 1 is 1.27 bits per heavy atom. The first-order chi connectivity index (χ1) is 7.11. The molecule has 0 saturated carbocycles. The molecule has 2 nitrogen and oxygen atoms in total. The third kappa shape index (κ3) is 3.05. The van der Waals surface area contributed by atoms with Gasteiger partial charge in [-0.25, -0.2) is 4.89 Å². The van der Waals surface area contributed by atoms with Gasteiger partial charge in [0.1, 0.15) is 5.60 Å². The third-order valence-corrected chi connectivity index (χ3v) is 2.69. The summed E-state index contributed by atoms with van der Waals surface area (Å²) >= 11 is 0. The van der Waals surface area contributed by atoms with E-state index in [2.05, 4.69) is 17.9 Å². The van der Waals surface area contributed by atoms with Crippen LogP contribution >= 0.6 is 0 Å². The first-order valence-corrected chi connectivity index (χ1v) is 5.52. The van der Waals surface area contributed by atoms with Crippen molar-refractivity contribution >= 4 is 0 Å². The highest BCUT2D eigenvalue weighted by Crippen LogP contribution is 2.27. The maximum atomic E-state index is 8.90. The summed E-state index contributed by atoms with van der Waals surface area (Å²) in [5.41, 5.74) is 1.71. The van der Waals surface area contributed by atoms with Gasteiger partial charge in [0.05, 0.1) is 0 Å². The van der Waals surface area contributed by atoms with Gasteiger partial charge in [-0.05, 0) is 37.8 Å². The zero-order valence-electron chi connectivity index (χ0n) is 9.79. The van der Waals surface area contributed by atoms with Gasteiger partial charge >= 0.3 is 0 Å². The number of hydrogen-bond acceptors (Lipinski definition) is 2. The molecule has 0 heterocycles. The van der Waals surface area contributed by atoms with E-state index in [4.69, 9.17) is 5.26 Å². The molecule has 0 aliphatic carbocycles. The van der Waals surface area contributed by atoms with E-state index >= 15 is 0 Å². The Kier molecular flexibility index (Phi) is 4.30. The number of benzene rings is 1. The molecule has 0 spiro atoms. The normalized spacial score (nSPS) is 11.7. The predicted molar refractivity (Wildman–Crippen MR) is 61.8 cm³/mol. The molecular weight excluding hydrogens is 188 g/mol. The van der Waals surface area contributed by atoms with E-state index in [1.54, 1.807) is 0 Å². The second-order valence-corrected chi connectivity index (χ2v) is 4.36. The summed E-state index contributed by atoms with van der Waals surface area (Å²) in [6, 6.07) is 8.13. The molecule has 84 valence electrons. The second kappa shape index (κ2) is 5.29. The number of rotatable bonds is 5. The highest BCUT2D eigenvalue weighted by Gasteiger charge is 2.23. The lowest BCUT2D eigenvalue weighted by Gasteiger charge is -2.24. The van der Waals surface area contributed by atoms with Crippen LogP contribution in [-0.4, -0.2) is 5.26 Å². The summed E-state index contributed by atoms with van der Waals surface area (Å²) in [7, 11) is 0. The fourth-order valence-electron chi connectivity index (χ4n) is 1.74. The van der Waals surface area contributed by atoms with Crippen molar-refractivity contribution in [1.82, 2.24) is 0 Å². The van der Waals surface area contributed by atoms with Crippen molar-refractivity contribution in [3.8, 4) is 0 Å². The lowest BCUT2D eigenvalue weighted by molar-refractivity contribution is -0.318. The van der Waals surface area contributed by atoms with E-state index in [1.165, 1.54) is 18.4 Å². The maximum Gasteiger partial charge on any atom is 0.123 e. The van der Waals surface area contributed by atoms with Crippen LogP contribution in [0.1, 0.15) is 44.7 Å². The number of aryl methyl sites for hydroxylation is 1. The van der Waals surface area contributed by atoms with E-state index in [1.807, 2.05) is 32.0 Å². The van der Waals surface area contributed by atoms with Crippen molar-refractivity contribution in [2.45, 2.75) is 45.6 Å². The molecule has 1 aromatic carbocycles. The summed E-state index contributed by atoms with van der Waals surface area (Å²) in [4.78, 5) is 4.54. The van der Waals surface area contributed by atoms with Crippen molar-refractivity contribution in [1.29, 1.82) is 0 Å². The van der Waals surface area contributed by atoms with Gasteiger partial charge < -0.3 is 0 Å². The van der Waals surface area contributed by atoms with E-state index in [-0.39, 0.29) is 0 Å². The first kappa shape index (κ1) is 12.2. The minimum Gasteiger partial charge on any atom is -0.251 e. The molecular formula is C13H20O2. The van der Waals surface area contributed by atoms with Crippen LogP contribution in [0.4, 0.5) is 0 Å². The van der Waals surface area contributed by atoms with Crippen molar-refractivity contribution in [3.63, 3.8) is 0 Å². The Balaban J connectivity index is 2.95. The maximum absolute atomic E-state index is 8.90. The van der Waals surface area contributed by atoms with Gasteiger partial charge in [-0.3, -0.25) is 5.26 Å². The largest absolute Gasteiger partial charge is 0.251 e. The molecule has 1 aromatic rings. The van der Waals surface area contributed by atoms with Crippen LogP contribution in [0.2, 0.25) is 0 Å². The van der Waals surface area contributed by atoms with Gasteiger partial charge in [-0.2, -0.15) is 0 Å². The smallest absolute Gasteiger partial charge is 0.123 e. The topological polar surface area (TPSA) is 29.5 Å². The van der Waals surface area contributed by atoms with Crippen LogP contribution in [0.25, 0.3) is 0 Å². The Morgan fingerprint density at radius 3 is 2.53 bits per heavy atom. The van der Waals surface area contributed by atoms with Crippen LogP contribution in [0.3, 0.4) is 0 Å². The van der Waals surface area contributed by atoms with Gasteiger partial charge in [0.25, 0.3) is 0 Å². The molecule has 0 amide bonds. The second-order valence-electron chi connectivity index (χ2n) is 4.36. The van der Waals surface area contributed by atoms with Gasteiger partial charge in [-0.15, -0.1) is 0 Å². The highest BCUT2D eigenvalue weighted by atomic mass is 17.1. The summed E-state index contributed by atoms with van der Waals surface area (Å²) in [5.74, 6) is 0.